The number of esters is 2. The third-order valence-electron chi connectivity index (χ3n) is 4.60. The van der Waals surface area contributed by atoms with Gasteiger partial charge in [-0.15, -0.1) is 0 Å². The van der Waals surface area contributed by atoms with E-state index < -0.39 is 35.5 Å². The molecule has 0 radical (unpaired) electrons. The fourth-order valence-corrected chi connectivity index (χ4v) is 3.28. The van der Waals surface area contributed by atoms with Gasteiger partial charge in [0.1, 0.15) is 5.82 Å². The highest BCUT2D eigenvalue weighted by Crippen LogP contribution is 2.41. The third-order valence-corrected chi connectivity index (χ3v) is 4.60. The molecule has 7 heteroatoms. The molecule has 0 saturated carbocycles. The van der Waals surface area contributed by atoms with Gasteiger partial charge in [-0.1, -0.05) is 30.3 Å². The van der Waals surface area contributed by atoms with Crippen molar-refractivity contribution >= 4 is 11.9 Å². The van der Waals surface area contributed by atoms with Gasteiger partial charge in [-0.3, -0.25) is 9.59 Å². The summed E-state index contributed by atoms with van der Waals surface area (Å²) >= 11 is 0. The number of benzene rings is 2. The maximum atomic E-state index is 14.8. The van der Waals surface area contributed by atoms with Gasteiger partial charge in [-0.25, -0.2) is 4.39 Å². The number of hydrogen-bond acceptors (Lipinski definition) is 6. The highest BCUT2D eigenvalue weighted by atomic mass is 19.1. The van der Waals surface area contributed by atoms with Gasteiger partial charge in [0, 0.05) is 5.92 Å². The molecule has 2 atom stereocenters. The van der Waals surface area contributed by atoms with Crippen LogP contribution in [0.5, 0.6) is 0 Å². The number of hydrogen-bond donors (Lipinski definition) is 0. The van der Waals surface area contributed by atoms with Crippen LogP contribution in [-0.2, 0) is 19.1 Å². The lowest BCUT2D eigenvalue weighted by molar-refractivity contribution is -0.163. The molecule has 154 valence electrons. The van der Waals surface area contributed by atoms with Crippen LogP contribution < -0.4 is 0 Å². The minimum Gasteiger partial charge on any atom is -0.465 e. The predicted molar refractivity (Wildman–Crippen MR) is 105 cm³/mol. The minimum absolute atomic E-state index is 0.00676. The van der Waals surface area contributed by atoms with Crippen molar-refractivity contribution in [1.29, 1.82) is 10.5 Å². The SMILES string of the molecule is CCOC(=O)C(C(=O)OCC)[C@H](c1ccccc1F)[C@@H](C#N)c1ccc(C#N)cc1. The highest BCUT2D eigenvalue weighted by molar-refractivity contribution is 5.96. The van der Waals surface area contributed by atoms with Crippen LogP contribution in [0.1, 0.15) is 42.4 Å². The normalized spacial score (nSPS) is 12.3. The Bertz CT molecular complexity index is 958. The van der Waals surface area contributed by atoms with Crippen LogP contribution in [0.4, 0.5) is 4.39 Å². The van der Waals surface area contributed by atoms with Crippen molar-refractivity contribution < 1.29 is 23.5 Å². The molecule has 30 heavy (non-hydrogen) atoms. The molecule has 2 aromatic rings. The summed E-state index contributed by atoms with van der Waals surface area (Å²) in [4.78, 5) is 25.5. The second-order valence-electron chi connectivity index (χ2n) is 6.37. The maximum absolute atomic E-state index is 14.8. The van der Waals surface area contributed by atoms with Crippen LogP contribution in [-0.4, -0.2) is 25.2 Å². The van der Waals surface area contributed by atoms with Crippen molar-refractivity contribution in [1.82, 2.24) is 0 Å². The molecule has 0 amide bonds. The Morgan fingerprint density at radius 1 is 0.967 bits per heavy atom. The molecule has 6 nitrogen and oxygen atoms in total. The molecule has 0 bridgehead atoms. The smallest absolute Gasteiger partial charge is 0.321 e. The van der Waals surface area contributed by atoms with Crippen molar-refractivity contribution in [2.45, 2.75) is 25.7 Å². The van der Waals surface area contributed by atoms with E-state index in [9.17, 15) is 19.2 Å². The summed E-state index contributed by atoms with van der Waals surface area (Å²) in [5.74, 6) is -6.25. The third kappa shape index (κ3) is 5.01. The summed E-state index contributed by atoms with van der Waals surface area (Å²) in [5.41, 5.74) is 0.841. The van der Waals surface area contributed by atoms with Gasteiger partial charge in [0.05, 0.1) is 36.8 Å². The van der Waals surface area contributed by atoms with E-state index in [0.717, 1.165) is 0 Å². The standard InChI is InChI=1S/C23H21FN2O4/c1-3-29-22(27)21(23(28)30-4-2)20(17-7-5-6-8-19(17)24)18(14-26)16-11-9-15(13-25)10-12-16/h5-12,18,20-21H,3-4H2,1-2H3/t18-,20+/m0/s1. The number of nitrogens with zero attached hydrogens (tertiary/aromatic N) is 2. The number of rotatable bonds is 8. The number of carbonyl (C=O) groups is 2. The van der Waals surface area contributed by atoms with Crippen LogP contribution >= 0.6 is 0 Å². The molecule has 0 N–H and O–H groups in total. The van der Waals surface area contributed by atoms with E-state index in [1.165, 1.54) is 30.3 Å². The van der Waals surface area contributed by atoms with Crippen molar-refractivity contribution in [3.63, 3.8) is 0 Å². The van der Waals surface area contributed by atoms with Gasteiger partial charge in [0.2, 0.25) is 0 Å². The van der Waals surface area contributed by atoms with Gasteiger partial charge < -0.3 is 9.47 Å². The van der Waals surface area contributed by atoms with Crippen LogP contribution in [0.25, 0.3) is 0 Å². The Morgan fingerprint density at radius 3 is 2.00 bits per heavy atom. The zero-order valence-corrected chi connectivity index (χ0v) is 16.7. The van der Waals surface area contributed by atoms with Gasteiger partial charge in [0.15, 0.2) is 5.92 Å². The molecule has 0 aliphatic heterocycles. The fourth-order valence-electron chi connectivity index (χ4n) is 3.28. The van der Waals surface area contributed by atoms with Crippen molar-refractivity contribution in [3.8, 4) is 12.1 Å². The summed E-state index contributed by atoms with van der Waals surface area (Å²) < 4.78 is 24.9. The molecule has 2 rings (SSSR count). The summed E-state index contributed by atoms with van der Waals surface area (Å²) in [7, 11) is 0. The van der Waals surface area contributed by atoms with E-state index in [2.05, 4.69) is 6.07 Å². The Hall–Kier alpha value is -3.71. The molecular weight excluding hydrogens is 387 g/mol. The van der Waals surface area contributed by atoms with Crippen molar-refractivity contribution in [2.24, 2.45) is 5.92 Å². The zero-order chi connectivity index (χ0) is 22.1. The predicted octanol–water partition coefficient (Wildman–Crippen LogP) is 3.83. The zero-order valence-electron chi connectivity index (χ0n) is 16.7. The number of halogens is 1. The molecule has 0 spiro atoms. The molecule has 0 saturated heterocycles. The largest absolute Gasteiger partial charge is 0.465 e. The second-order valence-corrected chi connectivity index (χ2v) is 6.37. The van der Waals surface area contributed by atoms with E-state index >= 15 is 0 Å². The van der Waals surface area contributed by atoms with E-state index in [1.807, 2.05) is 6.07 Å². The van der Waals surface area contributed by atoms with E-state index in [1.54, 1.807) is 32.0 Å². The van der Waals surface area contributed by atoms with Gasteiger partial charge in [-0.2, -0.15) is 10.5 Å². The van der Waals surface area contributed by atoms with Crippen molar-refractivity contribution in [2.75, 3.05) is 13.2 Å². The van der Waals surface area contributed by atoms with Gasteiger partial charge in [-0.05, 0) is 43.2 Å². The maximum Gasteiger partial charge on any atom is 0.321 e. The molecule has 0 aliphatic carbocycles. The van der Waals surface area contributed by atoms with Crippen LogP contribution in [0.3, 0.4) is 0 Å². The first kappa shape index (κ1) is 22.6. The molecule has 0 fully saturated rings. The average Bonchev–Trinajstić information content (AvgIpc) is 2.75. The summed E-state index contributed by atoms with van der Waals surface area (Å²) in [6.45, 7) is 3.18. The highest BCUT2D eigenvalue weighted by Gasteiger charge is 2.44. The monoisotopic (exact) mass is 408 g/mol. The quantitative estimate of drug-likeness (QED) is 0.486. The number of nitriles is 2. The first-order valence-corrected chi connectivity index (χ1v) is 9.45. The summed E-state index contributed by atoms with van der Waals surface area (Å²) in [6, 6.07) is 15.9. The van der Waals surface area contributed by atoms with E-state index in [-0.39, 0.29) is 18.8 Å². The van der Waals surface area contributed by atoms with E-state index in [4.69, 9.17) is 14.7 Å². The van der Waals surface area contributed by atoms with Crippen LogP contribution in [0, 0.1) is 34.4 Å². The first-order chi connectivity index (χ1) is 14.5. The summed E-state index contributed by atoms with van der Waals surface area (Å²) in [5, 5.41) is 19.0. The molecule has 0 aromatic heterocycles. The Morgan fingerprint density at radius 2 is 1.53 bits per heavy atom. The lowest BCUT2D eigenvalue weighted by Gasteiger charge is -2.28. The first-order valence-electron chi connectivity index (χ1n) is 9.45. The Balaban J connectivity index is 2.69. The fraction of sp³-hybridized carbons (Fsp3) is 0.304. The average molecular weight is 408 g/mol. The number of ether oxygens (including phenoxy) is 2. The Labute approximate surface area is 174 Å². The topological polar surface area (TPSA) is 100 Å². The van der Waals surface area contributed by atoms with E-state index in [0.29, 0.717) is 11.1 Å². The van der Waals surface area contributed by atoms with Gasteiger partial charge >= 0.3 is 11.9 Å². The lowest BCUT2D eigenvalue weighted by atomic mass is 9.74. The Kier molecular flexibility index (Phi) is 8.08. The minimum atomic E-state index is -1.54. The molecule has 0 aliphatic rings. The van der Waals surface area contributed by atoms with Gasteiger partial charge in [0.25, 0.3) is 0 Å². The molecular formula is C23H21FN2O4. The van der Waals surface area contributed by atoms with Crippen LogP contribution in [0.2, 0.25) is 0 Å². The van der Waals surface area contributed by atoms with Crippen molar-refractivity contribution in [3.05, 3.63) is 71.0 Å². The molecule has 0 unspecified atom stereocenters. The summed E-state index contributed by atoms with van der Waals surface area (Å²) in [6.07, 6.45) is 0. The molecule has 2 aromatic carbocycles. The van der Waals surface area contributed by atoms with Crippen LogP contribution in [0.15, 0.2) is 48.5 Å². The number of carbonyl (C=O) groups excluding carboxylic acids is 2. The lowest BCUT2D eigenvalue weighted by Crippen LogP contribution is -2.36. The second kappa shape index (κ2) is 10.7. The molecule has 0 heterocycles.